The molecule has 0 fully saturated rings. The molecule has 0 amide bonds. The van der Waals surface area contributed by atoms with Crippen molar-refractivity contribution in [1.82, 2.24) is 9.13 Å². The van der Waals surface area contributed by atoms with Gasteiger partial charge in [-0.1, -0.05) is 121 Å². The van der Waals surface area contributed by atoms with Crippen molar-refractivity contribution >= 4 is 83.4 Å². The van der Waals surface area contributed by atoms with Crippen molar-refractivity contribution in [3.05, 3.63) is 188 Å². The van der Waals surface area contributed by atoms with E-state index in [2.05, 4.69) is 167 Å². The first-order valence-electron chi connectivity index (χ1n) is 20.4. The van der Waals surface area contributed by atoms with Gasteiger partial charge in [-0.05, 0) is 77.4 Å². The summed E-state index contributed by atoms with van der Waals surface area (Å²) in [5.74, 6) is 2.45. The summed E-state index contributed by atoms with van der Waals surface area (Å²) in [5, 5.41) is 7.09. The predicted molar refractivity (Wildman–Crippen MR) is 245 cm³/mol. The molecule has 0 saturated carbocycles. The fourth-order valence-electron chi connectivity index (χ4n) is 10.2. The Bertz CT molecular complexity index is 3760. The molecule has 5 heterocycles. The molecule has 2 aliphatic heterocycles. The van der Waals surface area contributed by atoms with E-state index in [0.717, 1.165) is 94.8 Å². The lowest BCUT2D eigenvalue weighted by Crippen LogP contribution is -2.53. The third-order valence-electron chi connectivity index (χ3n) is 12.8. The van der Waals surface area contributed by atoms with Gasteiger partial charge in [-0.2, -0.15) is 0 Å². The molecule has 3 aromatic heterocycles. The maximum absolute atomic E-state index is 7.09. The van der Waals surface area contributed by atoms with Crippen LogP contribution in [0.15, 0.2) is 192 Å². The van der Waals surface area contributed by atoms with Crippen molar-refractivity contribution in [3.8, 4) is 50.9 Å². The molecule has 60 heavy (non-hydrogen) atoms. The molecule has 9 aromatic carbocycles. The van der Waals surface area contributed by atoms with Gasteiger partial charge in [0.2, 0.25) is 0 Å². The minimum Gasteiger partial charge on any atom is -0.551 e. The first-order valence-corrected chi connectivity index (χ1v) is 20.4. The van der Waals surface area contributed by atoms with Crippen LogP contribution in [0.1, 0.15) is 0 Å². The zero-order valence-electron chi connectivity index (χ0n) is 32.1. The van der Waals surface area contributed by atoms with E-state index in [1.54, 1.807) is 0 Å². The molecule has 0 spiro atoms. The van der Waals surface area contributed by atoms with Gasteiger partial charge in [-0.25, -0.2) is 0 Å². The summed E-state index contributed by atoms with van der Waals surface area (Å²) >= 11 is 0. The topological polar surface area (TPSA) is 41.5 Å². The van der Waals surface area contributed by atoms with E-state index in [9.17, 15) is 0 Å². The van der Waals surface area contributed by atoms with Crippen molar-refractivity contribution in [2.45, 2.75) is 0 Å². The van der Waals surface area contributed by atoms with Gasteiger partial charge in [0.15, 0.2) is 0 Å². The molecule has 0 N–H and O–H groups in total. The van der Waals surface area contributed by atoms with Gasteiger partial charge in [0.1, 0.15) is 28.4 Å². The van der Waals surface area contributed by atoms with E-state index in [1.807, 2.05) is 30.3 Å². The number of rotatable bonds is 3. The van der Waals surface area contributed by atoms with Gasteiger partial charge >= 0.3 is 6.92 Å². The number of furan rings is 1. The summed E-state index contributed by atoms with van der Waals surface area (Å²) in [7, 11) is 0. The minimum atomic E-state index is -0.331. The Labute approximate surface area is 344 Å². The number of hydrogen-bond donors (Lipinski definition) is 0. The number of nitrogens with zero attached hydrogens (tertiary/aromatic N) is 2. The molecule has 0 atom stereocenters. The fraction of sp³-hybridized carbons (Fsp3) is 0. The summed E-state index contributed by atoms with van der Waals surface area (Å²) in [6.07, 6.45) is 0. The number of aromatic nitrogens is 2. The lowest BCUT2D eigenvalue weighted by Gasteiger charge is -2.33. The monoisotopic (exact) mass is 766 g/mol. The van der Waals surface area contributed by atoms with E-state index >= 15 is 0 Å². The molecule has 6 heteroatoms. The quantitative estimate of drug-likeness (QED) is 0.168. The molecule has 0 unspecified atom stereocenters. The van der Waals surface area contributed by atoms with E-state index in [1.165, 1.54) is 32.6 Å². The lowest BCUT2D eigenvalue weighted by atomic mass is 9.51. The highest BCUT2D eigenvalue weighted by Crippen LogP contribution is 2.45. The number of benzene rings is 9. The van der Waals surface area contributed by atoms with Gasteiger partial charge in [0, 0.05) is 60.6 Å². The Morgan fingerprint density at radius 3 is 1.82 bits per heavy atom. The van der Waals surface area contributed by atoms with Crippen molar-refractivity contribution in [1.29, 1.82) is 0 Å². The first kappa shape index (κ1) is 32.1. The van der Waals surface area contributed by atoms with Gasteiger partial charge in [-0.3, -0.25) is 0 Å². The largest absolute Gasteiger partial charge is 0.551 e. The van der Waals surface area contributed by atoms with E-state index in [4.69, 9.17) is 13.8 Å². The molecular weight excluding hydrogens is 735 g/mol. The summed E-state index contributed by atoms with van der Waals surface area (Å²) in [6, 6.07) is 67.0. The maximum atomic E-state index is 7.09. The second kappa shape index (κ2) is 11.8. The third-order valence-corrected chi connectivity index (χ3v) is 12.8. The number of hydrogen-bond acceptors (Lipinski definition) is 3. The van der Waals surface area contributed by atoms with Crippen LogP contribution in [-0.4, -0.2) is 16.0 Å². The Kier molecular flexibility index (Phi) is 6.31. The standard InChI is InChI=1S/C54H31BN2O3/c1-6-18-44-36(12-1)37-13-2-7-19-45(37)56(44)33-25-27-39-38-14-3-8-20-46(38)57(47(39)30-33)34-29-42-40-26-24-32(35-16-11-23-50-53(35)41-15-4-9-21-48(41)58-50)28-51(40)60-55-43-17-5-10-22-49(43)59-52(31-34)54(42)55/h1-31H. The molecule has 0 saturated heterocycles. The van der Waals surface area contributed by atoms with E-state index in [-0.39, 0.29) is 6.92 Å². The second-order valence-electron chi connectivity index (χ2n) is 16.0. The first-order chi connectivity index (χ1) is 29.7. The average molecular weight is 767 g/mol. The molecule has 12 aromatic rings. The Morgan fingerprint density at radius 1 is 0.383 bits per heavy atom. The van der Waals surface area contributed by atoms with Crippen LogP contribution in [0.4, 0.5) is 0 Å². The molecule has 278 valence electrons. The molecule has 5 nitrogen and oxygen atoms in total. The van der Waals surface area contributed by atoms with Crippen molar-refractivity contribution < 1.29 is 13.8 Å². The maximum Gasteiger partial charge on any atom is 0.434 e. The minimum absolute atomic E-state index is 0.331. The van der Waals surface area contributed by atoms with Crippen LogP contribution in [0.5, 0.6) is 17.2 Å². The second-order valence-corrected chi connectivity index (χ2v) is 16.0. The zero-order chi connectivity index (χ0) is 39.1. The average Bonchev–Trinajstić information content (AvgIpc) is 3.96. The van der Waals surface area contributed by atoms with Crippen LogP contribution in [0.25, 0.3) is 99.2 Å². The lowest BCUT2D eigenvalue weighted by molar-refractivity contribution is 0.479. The number of ether oxygens (including phenoxy) is 1. The summed E-state index contributed by atoms with van der Waals surface area (Å²) in [6.45, 7) is -0.331. The number of para-hydroxylation sites is 5. The van der Waals surface area contributed by atoms with Crippen molar-refractivity contribution in [2.24, 2.45) is 0 Å². The van der Waals surface area contributed by atoms with Crippen LogP contribution in [0, 0.1) is 0 Å². The highest BCUT2D eigenvalue weighted by atomic mass is 16.5. The molecule has 0 bridgehead atoms. The van der Waals surface area contributed by atoms with Gasteiger partial charge in [-0.15, -0.1) is 0 Å². The molecule has 0 radical (unpaired) electrons. The van der Waals surface area contributed by atoms with Crippen LogP contribution in [0.3, 0.4) is 0 Å². The molecule has 2 aliphatic rings. The van der Waals surface area contributed by atoms with Crippen molar-refractivity contribution in [3.63, 3.8) is 0 Å². The van der Waals surface area contributed by atoms with Gasteiger partial charge in [0.25, 0.3) is 0 Å². The van der Waals surface area contributed by atoms with E-state index < -0.39 is 0 Å². The van der Waals surface area contributed by atoms with Crippen LogP contribution in [0.2, 0.25) is 0 Å². The number of fused-ring (bicyclic) bond motifs is 13. The Morgan fingerprint density at radius 2 is 1.03 bits per heavy atom. The molecule has 0 aliphatic carbocycles. The third kappa shape index (κ3) is 4.31. The summed E-state index contributed by atoms with van der Waals surface area (Å²) in [5.41, 5.74) is 14.9. The fourth-order valence-corrected chi connectivity index (χ4v) is 10.2. The Balaban J connectivity index is 1.01. The van der Waals surface area contributed by atoms with E-state index in [0.29, 0.717) is 0 Å². The zero-order valence-corrected chi connectivity index (χ0v) is 32.1. The highest BCUT2D eigenvalue weighted by Gasteiger charge is 2.41. The van der Waals surface area contributed by atoms with Crippen molar-refractivity contribution in [2.75, 3.05) is 0 Å². The smallest absolute Gasteiger partial charge is 0.434 e. The summed E-state index contributed by atoms with van der Waals surface area (Å²) < 4.78 is 25.0. The molecular formula is C54H31BN2O3. The van der Waals surface area contributed by atoms with Gasteiger partial charge in [0.05, 0.1) is 27.8 Å². The van der Waals surface area contributed by atoms with Crippen LogP contribution < -0.4 is 20.3 Å². The normalized spacial score (nSPS) is 12.9. The molecule has 14 rings (SSSR count). The van der Waals surface area contributed by atoms with Gasteiger partial charge < -0.3 is 22.9 Å². The highest BCUT2D eigenvalue weighted by molar-refractivity contribution is 6.84. The van der Waals surface area contributed by atoms with Crippen LogP contribution in [-0.2, 0) is 0 Å². The predicted octanol–water partition coefficient (Wildman–Crippen LogP) is 12.7. The Hall–Kier alpha value is -7.96. The summed E-state index contributed by atoms with van der Waals surface area (Å²) in [4.78, 5) is 0. The van der Waals surface area contributed by atoms with Crippen LogP contribution >= 0.6 is 0 Å². The SMILES string of the molecule is c1ccc2c(c1)Oc1cc(-n3c4ccccc4c4ccc(-n5c6ccccc6c6ccccc65)cc43)cc3c1B2Oc1cc(-c2cccc4oc5ccccc5c24)ccc1-3.